The summed E-state index contributed by atoms with van der Waals surface area (Å²) in [5.41, 5.74) is 8.06. The van der Waals surface area contributed by atoms with Gasteiger partial charge in [-0.1, -0.05) is 6.07 Å². The summed E-state index contributed by atoms with van der Waals surface area (Å²) in [7, 11) is 3.22. The molecule has 1 aromatic carbocycles. The number of nitrogen functional groups attached to an aromatic ring is 1. The number of rotatable bonds is 3. The van der Waals surface area contributed by atoms with Crippen LogP contribution in [0.5, 0.6) is 11.5 Å². The van der Waals surface area contributed by atoms with Gasteiger partial charge in [0.25, 0.3) is 0 Å². The molecule has 1 aromatic heterocycles. The highest BCUT2D eigenvalue weighted by Gasteiger charge is 2.16. The van der Waals surface area contributed by atoms with E-state index in [1.54, 1.807) is 20.4 Å². The number of nitrogens with two attached hydrogens (primary N) is 1. The van der Waals surface area contributed by atoms with Crippen LogP contribution in [0.15, 0.2) is 24.4 Å². The molecule has 0 amide bonds. The molecule has 0 aliphatic rings. The second kappa shape index (κ2) is 4.91. The number of anilines is 1. The number of aryl methyl sites for hydroxylation is 1. The summed E-state index contributed by atoms with van der Waals surface area (Å²) in [6.45, 7) is 1.92. The first kappa shape index (κ1) is 12.2. The molecular formula is C13H15N3O2. The summed E-state index contributed by atoms with van der Waals surface area (Å²) >= 11 is 0. The van der Waals surface area contributed by atoms with Crippen molar-refractivity contribution in [3.8, 4) is 22.8 Å². The molecule has 2 rings (SSSR count). The normalized spacial score (nSPS) is 10.2. The first-order chi connectivity index (χ1) is 8.67. The molecule has 1 heterocycles. The van der Waals surface area contributed by atoms with E-state index in [4.69, 9.17) is 15.2 Å². The van der Waals surface area contributed by atoms with Crippen LogP contribution >= 0.6 is 0 Å². The average Bonchev–Trinajstić information content (AvgIpc) is 2.40. The van der Waals surface area contributed by atoms with E-state index < -0.39 is 0 Å². The zero-order chi connectivity index (χ0) is 13.1. The number of benzene rings is 1. The third-order valence-corrected chi connectivity index (χ3v) is 2.65. The van der Waals surface area contributed by atoms with Crippen LogP contribution in [-0.2, 0) is 0 Å². The highest BCUT2D eigenvalue weighted by Crippen LogP contribution is 2.38. The van der Waals surface area contributed by atoms with E-state index in [1.807, 2.05) is 25.1 Å². The lowest BCUT2D eigenvalue weighted by molar-refractivity contribution is 0.397. The Morgan fingerprint density at radius 2 is 1.72 bits per heavy atom. The Bertz CT molecular complexity index is 548. The topological polar surface area (TPSA) is 70.3 Å². The molecule has 0 aliphatic carbocycles. The van der Waals surface area contributed by atoms with E-state index in [1.165, 1.54) is 0 Å². The van der Waals surface area contributed by atoms with Crippen LogP contribution in [0.25, 0.3) is 11.3 Å². The number of aromatic nitrogens is 2. The van der Waals surface area contributed by atoms with E-state index in [-0.39, 0.29) is 5.95 Å². The molecule has 0 saturated carbocycles. The Balaban J connectivity index is 2.72. The van der Waals surface area contributed by atoms with E-state index in [9.17, 15) is 0 Å². The van der Waals surface area contributed by atoms with E-state index in [0.717, 1.165) is 16.8 Å². The van der Waals surface area contributed by atoms with Crippen molar-refractivity contribution in [1.82, 2.24) is 9.97 Å². The lowest BCUT2D eigenvalue weighted by Crippen LogP contribution is -2.01. The van der Waals surface area contributed by atoms with Crippen LogP contribution in [0.1, 0.15) is 5.56 Å². The summed E-state index contributed by atoms with van der Waals surface area (Å²) in [5.74, 6) is 1.61. The standard InChI is InChI=1S/C13H15N3O2/c1-8-7-15-13(14)16-12(8)11-9(17-2)5-4-6-10(11)18-3/h4-7H,1-3H3,(H2,14,15,16). The molecule has 2 N–H and O–H groups in total. The van der Waals surface area contributed by atoms with Gasteiger partial charge in [0.05, 0.1) is 25.5 Å². The van der Waals surface area contributed by atoms with Gasteiger partial charge in [-0.2, -0.15) is 0 Å². The molecule has 0 saturated heterocycles. The Labute approximate surface area is 106 Å². The van der Waals surface area contributed by atoms with Gasteiger partial charge < -0.3 is 15.2 Å². The summed E-state index contributed by atoms with van der Waals surface area (Å²) in [6, 6.07) is 5.58. The molecule has 0 fully saturated rings. The molecule has 0 unspecified atom stereocenters. The van der Waals surface area contributed by atoms with Crippen molar-refractivity contribution in [3.63, 3.8) is 0 Å². The van der Waals surface area contributed by atoms with Gasteiger partial charge in [-0.15, -0.1) is 0 Å². The van der Waals surface area contributed by atoms with Gasteiger partial charge in [0.2, 0.25) is 5.95 Å². The molecular weight excluding hydrogens is 230 g/mol. The molecule has 0 radical (unpaired) electrons. The smallest absolute Gasteiger partial charge is 0.220 e. The highest BCUT2D eigenvalue weighted by molar-refractivity contribution is 5.76. The van der Waals surface area contributed by atoms with Crippen molar-refractivity contribution < 1.29 is 9.47 Å². The van der Waals surface area contributed by atoms with Gasteiger partial charge in [-0.25, -0.2) is 9.97 Å². The first-order valence-corrected chi connectivity index (χ1v) is 5.48. The fraction of sp³-hybridized carbons (Fsp3) is 0.231. The van der Waals surface area contributed by atoms with Crippen LogP contribution in [0.3, 0.4) is 0 Å². The number of methoxy groups -OCH3 is 2. The van der Waals surface area contributed by atoms with Crippen molar-refractivity contribution in [2.45, 2.75) is 6.92 Å². The first-order valence-electron chi connectivity index (χ1n) is 5.48. The van der Waals surface area contributed by atoms with E-state index in [0.29, 0.717) is 11.5 Å². The van der Waals surface area contributed by atoms with Crippen LogP contribution in [0.4, 0.5) is 5.95 Å². The molecule has 94 valence electrons. The molecule has 0 spiro atoms. The van der Waals surface area contributed by atoms with Crippen molar-refractivity contribution in [3.05, 3.63) is 30.0 Å². The SMILES string of the molecule is COc1cccc(OC)c1-c1nc(N)ncc1C. The number of hydrogen-bond acceptors (Lipinski definition) is 5. The molecule has 0 atom stereocenters. The lowest BCUT2D eigenvalue weighted by Gasteiger charge is -2.14. The van der Waals surface area contributed by atoms with Gasteiger partial charge in [-0.3, -0.25) is 0 Å². The fourth-order valence-corrected chi connectivity index (χ4v) is 1.79. The van der Waals surface area contributed by atoms with Crippen molar-refractivity contribution in [1.29, 1.82) is 0 Å². The van der Waals surface area contributed by atoms with Gasteiger partial charge in [-0.05, 0) is 24.6 Å². The second-order valence-corrected chi connectivity index (χ2v) is 3.80. The molecule has 18 heavy (non-hydrogen) atoms. The summed E-state index contributed by atoms with van der Waals surface area (Å²) in [5, 5.41) is 0. The van der Waals surface area contributed by atoms with Crippen LogP contribution in [0.2, 0.25) is 0 Å². The van der Waals surface area contributed by atoms with Crippen molar-refractivity contribution in [2.24, 2.45) is 0 Å². The van der Waals surface area contributed by atoms with Crippen LogP contribution in [-0.4, -0.2) is 24.2 Å². The van der Waals surface area contributed by atoms with Crippen molar-refractivity contribution in [2.75, 3.05) is 20.0 Å². The lowest BCUT2D eigenvalue weighted by atomic mass is 10.1. The van der Waals surface area contributed by atoms with E-state index >= 15 is 0 Å². The number of nitrogens with zero attached hydrogens (tertiary/aromatic N) is 2. The van der Waals surface area contributed by atoms with Crippen LogP contribution in [0, 0.1) is 6.92 Å². The summed E-state index contributed by atoms with van der Waals surface area (Å²) in [4.78, 5) is 8.23. The zero-order valence-electron chi connectivity index (χ0n) is 10.6. The predicted molar refractivity (Wildman–Crippen MR) is 69.7 cm³/mol. The molecule has 2 aromatic rings. The fourth-order valence-electron chi connectivity index (χ4n) is 1.79. The van der Waals surface area contributed by atoms with Gasteiger partial charge in [0.15, 0.2) is 0 Å². The molecule has 0 aliphatic heterocycles. The minimum Gasteiger partial charge on any atom is -0.496 e. The molecule has 5 nitrogen and oxygen atoms in total. The Hall–Kier alpha value is -2.30. The van der Waals surface area contributed by atoms with Gasteiger partial charge in [0, 0.05) is 6.20 Å². The van der Waals surface area contributed by atoms with Crippen LogP contribution < -0.4 is 15.2 Å². The number of ether oxygens (including phenoxy) is 2. The maximum atomic E-state index is 5.64. The Morgan fingerprint density at radius 3 is 2.28 bits per heavy atom. The third kappa shape index (κ3) is 2.07. The quantitative estimate of drug-likeness (QED) is 0.896. The Morgan fingerprint density at radius 1 is 1.11 bits per heavy atom. The second-order valence-electron chi connectivity index (χ2n) is 3.80. The zero-order valence-corrected chi connectivity index (χ0v) is 10.6. The maximum Gasteiger partial charge on any atom is 0.220 e. The maximum absolute atomic E-state index is 5.64. The average molecular weight is 245 g/mol. The monoisotopic (exact) mass is 245 g/mol. The third-order valence-electron chi connectivity index (χ3n) is 2.65. The molecule has 5 heteroatoms. The van der Waals surface area contributed by atoms with E-state index in [2.05, 4.69) is 9.97 Å². The summed E-state index contributed by atoms with van der Waals surface area (Å²) < 4.78 is 10.7. The minimum atomic E-state index is 0.226. The largest absolute Gasteiger partial charge is 0.496 e. The van der Waals surface area contributed by atoms with Crippen molar-refractivity contribution >= 4 is 5.95 Å². The van der Waals surface area contributed by atoms with Gasteiger partial charge in [0.1, 0.15) is 11.5 Å². The van der Waals surface area contributed by atoms with Gasteiger partial charge >= 0.3 is 0 Å². The Kier molecular flexibility index (Phi) is 3.32. The number of hydrogen-bond donors (Lipinski definition) is 1. The predicted octanol–water partition coefficient (Wildman–Crippen LogP) is 2.05. The highest BCUT2D eigenvalue weighted by atomic mass is 16.5. The minimum absolute atomic E-state index is 0.226. The summed E-state index contributed by atoms with van der Waals surface area (Å²) in [6.07, 6.45) is 1.68. The molecule has 0 bridgehead atoms.